The normalized spacial score (nSPS) is 15.6. The molecule has 0 aliphatic carbocycles. The van der Waals surface area contributed by atoms with Crippen LogP contribution in [0, 0.1) is 5.92 Å². The Labute approximate surface area is 99.3 Å². The van der Waals surface area contributed by atoms with Crippen LogP contribution in [0.5, 0.6) is 0 Å². The van der Waals surface area contributed by atoms with Crippen molar-refractivity contribution in [2.45, 2.75) is 39.0 Å². The highest BCUT2D eigenvalue weighted by molar-refractivity contribution is 5.26. The molecule has 1 nitrogen and oxygen atoms in total. The quantitative estimate of drug-likeness (QED) is 0.859. The molecule has 0 amide bonds. The summed E-state index contributed by atoms with van der Waals surface area (Å²) in [4.78, 5) is 0. The van der Waals surface area contributed by atoms with Crippen LogP contribution in [0.15, 0.2) is 24.3 Å². The van der Waals surface area contributed by atoms with Gasteiger partial charge in [-0.25, -0.2) is 0 Å². The summed E-state index contributed by atoms with van der Waals surface area (Å²) in [7, 11) is 0. The number of benzene rings is 1. The zero-order valence-corrected chi connectivity index (χ0v) is 9.96. The summed E-state index contributed by atoms with van der Waals surface area (Å²) in [6.07, 6.45) is -3.70. The number of alkyl halides is 3. The highest BCUT2D eigenvalue weighted by atomic mass is 19.4. The van der Waals surface area contributed by atoms with Crippen LogP contribution in [-0.2, 0) is 12.6 Å². The summed E-state index contributed by atoms with van der Waals surface area (Å²) in [5, 5.41) is 9.59. The van der Waals surface area contributed by atoms with Gasteiger partial charge >= 0.3 is 6.18 Å². The zero-order chi connectivity index (χ0) is 13.1. The van der Waals surface area contributed by atoms with Crippen LogP contribution in [0.25, 0.3) is 0 Å². The highest BCUT2D eigenvalue weighted by Crippen LogP contribution is 2.30. The van der Waals surface area contributed by atoms with Crippen LogP contribution in [0.1, 0.15) is 31.4 Å². The molecule has 1 aromatic carbocycles. The lowest BCUT2D eigenvalue weighted by Crippen LogP contribution is -2.18. The Morgan fingerprint density at radius 3 is 2.47 bits per heavy atom. The SMILES string of the molecule is CCC(O)C(C)Cc1cccc(C(F)(F)F)c1. The number of hydrogen-bond donors (Lipinski definition) is 1. The lowest BCUT2D eigenvalue weighted by Gasteiger charge is -2.17. The lowest BCUT2D eigenvalue weighted by molar-refractivity contribution is -0.137. The van der Waals surface area contributed by atoms with E-state index in [2.05, 4.69) is 0 Å². The first-order valence-electron chi connectivity index (χ1n) is 5.68. The summed E-state index contributed by atoms with van der Waals surface area (Å²) < 4.78 is 37.4. The van der Waals surface area contributed by atoms with E-state index >= 15 is 0 Å². The third kappa shape index (κ3) is 4.04. The Kier molecular flexibility index (Phi) is 4.57. The predicted octanol–water partition coefficient (Wildman–Crippen LogP) is 3.65. The lowest BCUT2D eigenvalue weighted by atomic mass is 9.93. The van der Waals surface area contributed by atoms with Gasteiger partial charge in [-0.2, -0.15) is 13.2 Å². The van der Waals surface area contributed by atoms with Crippen LogP contribution >= 0.6 is 0 Å². The standard InChI is InChI=1S/C13H17F3O/c1-3-12(17)9(2)7-10-5-4-6-11(8-10)13(14,15)16/h4-6,8-9,12,17H,3,7H2,1-2H3. The Morgan fingerprint density at radius 1 is 1.29 bits per heavy atom. The molecule has 0 aliphatic rings. The van der Waals surface area contributed by atoms with E-state index in [9.17, 15) is 18.3 Å². The fourth-order valence-corrected chi connectivity index (χ4v) is 1.78. The van der Waals surface area contributed by atoms with Gasteiger partial charge in [0, 0.05) is 0 Å². The average Bonchev–Trinajstić information content (AvgIpc) is 2.27. The first-order chi connectivity index (χ1) is 7.84. The average molecular weight is 246 g/mol. The summed E-state index contributed by atoms with van der Waals surface area (Å²) in [5.74, 6) is -0.0384. The fourth-order valence-electron chi connectivity index (χ4n) is 1.78. The molecule has 0 radical (unpaired) electrons. The second-order valence-corrected chi connectivity index (χ2v) is 4.36. The van der Waals surface area contributed by atoms with E-state index in [1.165, 1.54) is 6.07 Å². The molecular formula is C13H17F3O. The molecule has 0 bridgehead atoms. The fraction of sp³-hybridized carbons (Fsp3) is 0.538. The number of aliphatic hydroxyl groups is 1. The van der Waals surface area contributed by atoms with Crippen molar-refractivity contribution in [1.29, 1.82) is 0 Å². The molecule has 0 fully saturated rings. The largest absolute Gasteiger partial charge is 0.416 e. The Hall–Kier alpha value is -1.03. The molecule has 0 spiro atoms. The van der Waals surface area contributed by atoms with Gasteiger partial charge in [0.05, 0.1) is 11.7 Å². The third-order valence-corrected chi connectivity index (χ3v) is 2.89. The molecule has 0 aliphatic heterocycles. The van der Waals surface area contributed by atoms with Crippen molar-refractivity contribution in [2.75, 3.05) is 0 Å². The molecule has 0 saturated heterocycles. The molecule has 2 atom stereocenters. The van der Waals surface area contributed by atoms with Crippen molar-refractivity contribution >= 4 is 0 Å². The number of hydrogen-bond acceptors (Lipinski definition) is 1. The van der Waals surface area contributed by atoms with Gasteiger partial charge in [-0.3, -0.25) is 0 Å². The second kappa shape index (κ2) is 5.54. The summed E-state index contributed by atoms with van der Waals surface area (Å²) in [6, 6.07) is 5.28. The molecule has 17 heavy (non-hydrogen) atoms. The van der Waals surface area contributed by atoms with Gasteiger partial charge in [-0.05, 0) is 30.4 Å². The Balaban J connectivity index is 2.79. The first kappa shape index (κ1) is 14.0. The van der Waals surface area contributed by atoms with Crippen LogP contribution < -0.4 is 0 Å². The van der Waals surface area contributed by atoms with Gasteiger partial charge in [0.25, 0.3) is 0 Å². The summed E-state index contributed by atoms with van der Waals surface area (Å²) in [5.41, 5.74) is -0.0204. The van der Waals surface area contributed by atoms with E-state index in [-0.39, 0.29) is 5.92 Å². The van der Waals surface area contributed by atoms with E-state index in [4.69, 9.17) is 0 Å². The number of aliphatic hydroxyl groups excluding tert-OH is 1. The minimum absolute atomic E-state index is 0.0384. The van der Waals surface area contributed by atoms with E-state index in [0.717, 1.165) is 12.1 Å². The maximum absolute atomic E-state index is 12.5. The van der Waals surface area contributed by atoms with Crippen LogP contribution in [0.3, 0.4) is 0 Å². The minimum atomic E-state index is -4.30. The second-order valence-electron chi connectivity index (χ2n) is 4.36. The predicted molar refractivity (Wildman–Crippen MR) is 60.6 cm³/mol. The highest BCUT2D eigenvalue weighted by Gasteiger charge is 2.30. The molecule has 1 N–H and O–H groups in total. The summed E-state index contributed by atoms with van der Waals surface area (Å²) >= 11 is 0. The van der Waals surface area contributed by atoms with Crippen molar-refractivity contribution < 1.29 is 18.3 Å². The molecule has 1 aromatic rings. The maximum Gasteiger partial charge on any atom is 0.416 e. The molecule has 1 rings (SSSR count). The molecule has 96 valence electrons. The van der Waals surface area contributed by atoms with E-state index in [1.54, 1.807) is 6.07 Å². The number of rotatable bonds is 4. The van der Waals surface area contributed by atoms with Crippen molar-refractivity contribution in [1.82, 2.24) is 0 Å². The molecule has 0 aromatic heterocycles. The van der Waals surface area contributed by atoms with Gasteiger partial charge in [-0.15, -0.1) is 0 Å². The zero-order valence-electron chi connectivity index (χ0n) is 9.96. The monoisotopic (exact) mass is 246 g/mol. The Morgan fingerprint density at radius 2 is 1.94 bits per heavy atom. The van der Waals surface area contributed by atoms with E-state index < -0.39 is 17.8 Å². The topological polar surface area (TPSA) is 20.2 Å². The van der Waals surface area contributed by atoms with Crippen LogP contribution in [0.2, 0.25) is 0 Å². The van der Waals surface area contributed by atoms with Gasteiger partial charge in [0.15, 0.2) is 0 Å². The van der Waals surface area contributed by atoms with Gasteiger partial charge < -0.3 is 5.11 Å². The third-order valence-electron chi connectivity index (χ3n) is 2.89. The number of halogens is 3. The van der Waals surface area contributed by atoms with Crippen molar-refractivity contribution in [2.24, 2.45) is 5.92 Å². The van der Waals surface area contributed by atoms with Crippen molar-refractivity contribution in [3.63, 3.8) is 0 Å². The maximum atomic E-state index is 12.5. The molecule has 0 saturated carbocycles. The minimum Gasteiger partial charge on any atom is -0.393 e. The van der Waals surface area contributed by atoms with Gasteiger partial charge in [-0.1, -0.05) is 32.0 Å². The van der Waals surface area contributed by atoms with Crippen LogP contribution in [-0.4, -0.2) is 11.2 Å². The summed E-state index contributed by atoms with van der Waals surface area (Å²) in [6.45, 7) is 3.70. The van der Waals surface area contributed by atoms with Crippen molar-refractivity contribution in [3.8, 4) is 0 Å². The molecule has 2 unspecified atom stereocenters. The van der Waals surface area contributed by atoms with Crippen molar-refractivity contribution in [3.05, 3.63) is 35.4 Å². The molecule has 0 heterocycles. The van der Waals surface area contributed by atoms with Gasteiger partial charge in [0.1, 0.15) is 0 Å². The van der Waals surface area contributed by atoms with E-state index in [1.807, 2.05) is 13.8 Å². The van der Waals surface area contributed by atoms with Crippen LogP contribution in [0.4, 0.5) is 13.2 Å². The molecule has 4 heteroatoms. The molecular weight excluding hydrogens is 229 g/mol. The Bertz CT molecular complexity index is 360. The van der Waals surface area contributed by atoms with Gasteiger partial charge in [0.2, 0.25) is 0 Å². The van der Waals surface area contributed by atoms with E-state index in [0.29, 0.717) is 18.4 Å². The smallest absolute Gasteiger partial charge is 0.393 e. The first-order valence-corrected chi connectivity index (χ1v) is 5.68.